The smallest absolute Gasteiger partial charge is 0.229 e. The first-order valence-electron chi connectivity index (χ1n) is 4.09. The minimum absolute atomic E-state index is 0.0483. The Labute approximate surface area is 77.5 Å². The van der Waals surface area contributed by atoms with Crippen LogP contribution in [0.1, 0.15) is 19.8 Å². The van der Waals surface area contributed by atoms with Crippen molar-refractivity contribution in [2.75, 3.05) is 12.3 Å². The Morgan fingerprint density at radius 3 is 2.33 bits per heavy atom. The molecule has 1 saturated heterocycles. The molecule has 12 heavy (non-hydrogen) atoms. The molecule has 0 radical (unpaired) electrons. The standard InChI is InChI=1S/C8H13NO2S/c1-6-4-7(10)9(2-3-12)8(11)5-6/h6,12H,2-5H2,1H3. The third kappa shape index (κ3) is 2.00. The zero-order chi connectivity index (χ0) is 9.14. The fourth-order valence-corrected chi connectivity index (χ4v) is 1.58. The van der Waals surface area contributed by atoms with Crippen LogP contribution in [-0.4, -0.2) is 29.0 Å². The summed E-state index contributed by atoms with van der Waals surface area (Å²) in [5, 5.41) is 0. The molecule has 0 N–H and O–H groups in total. The van der Waals surface area contributed by atoms with Crippen LogP contribution in [-0.2, 0) is 9.59 Å². The highest BCUT2D eigenvalue weighted by atomic mass is 32.1. The van der Waals surface area contributed by atoms with Crippen LogP contribution < -0.4 is 0 Å². The summed E-state index contributed by atoms with van der Waals surface area (Å²) < 4.78 is 0. The largest absolute Gasteiger partial charge is 0.282 e. The number of hydrogen-bond acceptors (Lipinski definition) is 3. The molecule has 4 heteroatoms. The number of carbonyl (C=O) groups excluding carboxylic acids is 2. The van der Waals surface area contributed by atoms with Gasteiger partial charge in [0.2, 0.25) is 11.8 Å². The summed E-state index contributed by atoms with van der Waals surface area (Å²) in [6, 6.07) is 0. The summed E-state index contributed by atoms with van der Waals surface area (Å²) in [5.41, 5.74) is 0. The molecular weight excluding hydrogens is 174 g/mol. The lowest BCUT2D eigenvalue weighted by Gasteiger charge is -2.27. The number of piperidine rings is 1. The molecule has 0 atom stereocenters. The monoisotopic (exact) mass is 187 g/mol. The predicted molar refractivity (Wildman–Crippen MR) is 49.0 cm³/mol. The normalized spacial score (nSPS) is 20.3. The van der Waals surface area contributed by atoms with Crippen molar-refractivity contribution in [1.82, 2.24) is 4.90 Å². The van der Waals surface area contributed by atoms with Gasteiger partial charge >= 0.3 is 0 Å². The molecule has 2 amide bonds. The van der Waals surface area contributed by atoms with Crippen molar-refractivity contribution in [2.45, 2.75) is 19.8 Å². The second-order valence-electron chi connectivity index (χ2n) is 3.18. The fourth-order valence-electron chi connectivity index (χ4n) is 1.38. The van der Waals surface area contributed by atoms with Gasteiger partial charge in [-0.15, -0.1) is 0 Å². The quantitative estimate of drug-likeness (QED) is 0.510. The van der Waals surface area contributed by atoms with Crippen molar-refractivity contribution in [3.8, 4) is 0 Å². The zero-order valence-electron chi connectivity index (χ0n) is 7.12. The highest BCUT2D eigenvalue weighted by Gasteiger charge is 2.29. The lowest BCUT2D eigenvalue weighted by atomic mass is 9.98. The van der Waals surface area contributed by atoms with Crippen molar-refractivity contribution in [1.29, 1.82) is 0 Å². The van der Waals surface area contributed by atoms with E-state index in [0.29, 0.717) is 25.1 Å². The van der Waals surface area contributed by atoms with E-state index in [1.165, 1.54) is 4.90 Å². The van der Waals surface area contributed by atoms with E-state index >= 15 is 0 Å². The van der Waals surface area contributed by atoms with E-state index < -0.39 is 0 Å². The molecule has 1 aliphatic rings. The summed E-state index contributed by atoms with van der Waals surface area (Å²) >= 11 is 3.99. The van der Waals surface area contributed by atoms with Crippen LogP contribution in [0.3, 0.4) is 0 Å². The first kappa shape index (κ1) is 9.58. The molecule has 0 saturated carbocycles. The molecule has 1 heterocycles. The summed E-state index contributed by atoms with van der Waals surface area (Å²) in [5.74, 6) is 0.660. The van der Waals surface area contributed by atoms with Crippen molar-refractivity contribution in [2.24, 2.45) is 5.92 Å². The Morgan fingerprint density at radius 2 is 1.92 bits per heavy atom. The van der Waals surface area contributed by atoms with Gasteiger partial charge in [-0.25, -0.2) is 0 Å². The van der Waals surface area contributed by atoms with Gasteiger partial charge in [-0.2, -0.15) is 12.6 Å². The van der Waals surface area contributed by atoms with Crippen LogP contribution in [0, 0.1) is 5.92 Å². The maximum Gasteiger partial charge on any atom is 0.229 e. The number of imide groups is 1. The van der Waals surface area contributed by atoms with E-state index in [9.17, 15) is 9.59 Å². The molecule has 1 fully saturated rings. The van der Waals surface area contributed by atoms with Crippen LogP contribution in [0.2, 0.25) is 0 Å². The predicted octanol–water partition coefficient (Wildman–Crippen LogP) is 0.701. The van der Waals surface area contributed by atoms with Crippen molar-refractivity contribution < 1.29 is 9.59 Å². The van der Waals surface area contributed by atoms with Gasteiger partial charge in [-0.3, -0.25) is 14.5 Å². The number of amides is 2. The third-order valence-corrected chi connectivity index (χ3v) is 2.17. The Balaban J connectivity index is 2.61. The lowest BCUT2D eigenvalue weighted by molar-refractivity contribution is -0.149. The van der Waals surface area contributed by atoms with Crippen molar-refractivity contribution >= 4 is 24.4 Å². The van der Waals surface area contributed by atoms with E-state index in [4.69, 9.17) is 0 Å². The molecule has 1 rings (SSSR count). The lowest BCUT2D eigenvalue weighted by Crippen LogP contribution is -2.43. The molecule has 0 aromatic heterocycles. The van der Waals surface area contributed by atoms with Gasteiger partial charge in [-0.1, -0.05) is 6.92 Å². The molecular formula is C8H13NO2S. The molecule has 3 nitrogen and oxygen atoms in total. The van der Waals surface area contributed by atoms with E-state index in [2.05, 4.69) is 12.6 Å². The van der Waals surface area contributed by atoms with Gasteiger partial charge in [-0.05, 0) is 5.92 Å². The average Bonchev–Trinajstić information content (AvgIpc) is 1.96. The van der Waals surface area contributed by atoms with Gasteiger partial charge in [0, 0.05) is 25.1 Å². The number of likely N-dealkylation sites (tertiary alicyclic amines) is 1. The molecule has 0 aromatic rings. The van der Waals surface area contributed by atoms with Crippen LogP contribution in [0.5, 0.6) is 0 Å². The number of rotatable bonds is 2. The van der Waals surface area contributed by atoms with Crippen molar-refractivity contribution in [3.05, 3.63) is 0 Å². The highest BCUT2D eigenvalue weighted by Crippen LogP contribution is 2.18. The van der Waals surface area contributed by atoms with Gasteiger partial charge in [0.25, 0.3) is 0 Å². The highest BCUT2D eigenvalue weighted by molar-refractivity contribution is 7.80. The number of carbonyl (C=O) groups is 2. The Bertz CT molecular complexity index is 187. The average molecular weight is 187 g/mol. The van der Waals surface area contributed by atoms with Crippen molar-refractivity contribution in [3.63, 3.8) is 0 Å². The third-order valence-electron chi connectivity index (χ3n) is 1.97. The SMILES string of the molecule is CC1CC(=O)N(CCS)C(=O)C1. The molecule has 1 aliphatic heterocycles. The van der Waals surface area contributed by atoms with Gasteiger partial charge in [0.1, 0.15) is 0 Å². The van der Waals surface area contributed by atoms with Crippen LogP contribution in [0.15, 0.2) is 0 Å². The number of thiol groups is 1. The van der Waals surface area contributed by atoms with Gasteiger partial charge in [0.15, 0.2) is 0 Å². The van der Waals surface area contributed by atoms with E-state index in [-0.39, 0.29) is 17.7 Å². The molecule has 0 aliphatic carbocycles. The first-order chi connectivity index (χ1) is 5.65. The second-order valence-corrected chi connectivity index (χ2v) is 3.62. The number of hydrogen-bond donors (Lipinski definition) is 1. The Hall–Kier alpha value is -0.510. The van der Waals surface area contributed by atoms with Gasteiger partial charge in [0.05, 0.1) is 0 Å². The summed E-state index contributed by atoms with van der Waals surface area (Å²) in [6.45, 7) is 2.38. The maximum absolute atomic E-state index is 11.3. The number of nitrogens with zero attached hydrogens (tertiary/aromatic N) is 1. The Morgan fingerprint density at radius 1 is 1.42 bits per heavy atom. The minimum Gasteiger partial charge on any atom is -0.282 e. The molecule has 0 aromatic carbocycles. The fraction of sp³-hybridized carbons (Fsp3) is 0.750. The molecule has 0 bridgehead atoms. The second kappa shape index (κ2) is 3.94. The van der Waals surface area contributed by atoms with E-state index in [0.717, 1.165) is 0 Å². The van der Waals surface area contributed by atoms with Gasteiger partial charge < -0.3 is 0 Å². The minimum atomic E-state index is -0.0483. The van der Waals surface area contributed by atoms with Crippen LogP contribution >= 0.6 is 12.6 Å². The Kier molecular flexibility index (Phi) is 3.14. The van der Waals surface area contributed by atoms with Crippen LogP contribution in [0.4, 0.5) is 0 Å². The first-order valence-corrected chi connectivity index (χ1v) is 4.72. The summed E-state index contributed by atoms with van der Waals surface area (Å²) in [6.07, 6.45) is 0.999. The molecule has 0 unspecified atom stereocenters. The van der Waals surface area contributed by atoms with E-state index in [1.54, 1.807) is 0 Å². The summed E-state index contributed by atoms with van der Waals surface area (Å²) in [7, 11) is 0. The summed E-state index contributed by atoms with van der Waals surface area (Å²) in [4.78, 5) is 23.9. The molecule has 0 spiro atoms. The zero-order valence-corrected chi connectivity index (χ0v) is 8.01. The topological polar surface area (TPSA) is 37.4 Å². The molecule has 68 valence electrons. The van der Waals surface area contributed by atoms with E-state index in [1.807, 2.05) is 6.92 Å². The van der Waals surface area contributed by atoms with Crippen LogP contribution in [0.25, 0.3) is 0 Å². The maximum atomic E-state index is 11.3.